The second-order valence-electron chi connectivity index (χ2n) is 3.51. The Labute approximate surface area is 108 Å². The number of aryl methyl sites for hydroxylation is 1. The monoisotopic (exact) mass is 291 g/mol. The maximum Gasteiger partial charge on any atom is 0.147 e. The Bertz CT molecular complexity index is 598. The molecular weight excluding hydrogens is 282 g/mol. The number of nitriles is 1. The molecular formula is C12H10BrN3O. The largest absolute Gasteiger partial charge is 0.496 e. The van der Waals surface area contributed by atoms with E-state index in [9.17, 15) is 0 Å². The van der Waals surface area contributed by atoms with Crippen LogP contribution in [0.4, 0.5) is 0 Å². The van der Waals surface area contributed by atoms with Gasteiger partial charge in [0.25, 0.3) is 0 Å². The normalized spacial score (nSPS) is 10.0. The smallest absolute Gasteiger partial charge is 0.147 e. The van der Waals surface area contributed by atoms with Crippen LogP contribution in [0.3, 0.4) is 0 Å². The molecule has 2 aromatic rings. The lowest BCUT2D eigenvalue weighted by molar-refractivity contribution is 0.416. The molecule has 5 heteroatoms. The minimum absolute atomic E-state index is 0.515. The fourth-order valence-electron chi connectivity index (χ4n) is 1.62. The van der Waals surface area contributed by atoms with Crippen LogP contribution >= 0.6 is 15.9 Å². The zero-order chi connectivity index (χ0) is 12.4. The number of ether oxygens (including phenoxy) is 1. The van der Waals surface area contributed by atoms with E-state index in [4.69, 9.17) is 10.00 Å². The van der Waals surface area contributed by atoms with Crippen LogP contribution in [0.5, 0.6) is 5.75 Å². The van der Waals surface area contributed by atoms with Crippen molar-refractivity contribution >= 4 is 15.9 Å². The van der Waals surface area contributed by atoms with E-state index < -0.39 is 0 Å². The van der Waals surface area contributed by atoms with Gasteiger partial charge in [0.15, 0.2) is 0 Å². The Hall–Kier alpha value is -1.80. The summed E-state index contributed by atoms with van der Waals surface area (Å²) in [6, 6.07) is 7.76. The summed E-state index contributed by atoms with van der Waals surface area (Å²) < 4.78 is 7.89. The molecule has 1 heterocycles. The van der Waals surface area contributed by atoms with E-state index in [-0.39, 0.29) is 0 Å². The van der Waals surface area contributed by atoms with Crippen molar-refractivity contribution in [1.29, 1.82) is 5.26 Å². The van der Waals surface area contributed by atoms with Crippen LogP contribution in [-0.4, -0.2) is 16.7 Å². The van der Waals surface area contributed by atoms with Gasteiger partial charge in [-0.15, -0.1) is 0 Å². The van der Waals surface area contributed by atoms with Gasteiger partial charge < -0.3 is 9.30 Å². The number of imidazole rings is 1. The zero-order valence-electron chi connectivity index (χ0n) is 9.44. The van der Waals surface area contributed by atoms with E-state index in [1.165, 1.54) is 0 Å². The predicted molar refractivity (Wildman–Crippen MR) is 67.6 cm³/mol. The van der Waals surface area contributed by atoms with Crippen LogP contribution in [-0.2, 0) is 7.05 Å². The molecule has 0 spiro atoms. The quantitative estimate of drug-likeness (QED) is 0.855. The summed E-state index contributed by atoms with van der Waals surface area (Å²) in [6.07, 6.45) is 1.62. The Balaban J connectivity index is 2.68. The molecule has 0 radical (unpaired) electrons. The van der Waals surface area contributed by atoms with Gasteiger partial charge in [0.05, 0.1) is 13.4 Å². The third-order valence-corrected chi connectivity index (χ3v) is 2.95. The van der Waals surface area contributed by atoms with Crippen LogP contribution in [0, 0.1) is 11.3 Å². The van der Waals surface area contributed by atoms with E-state index in [0.717, 1.165) is 10.0 Å². The predicted octanol–water partition coefficient (Wildman–Crippen LogP) is 2.73. The van der Waals surface area contributed by atoms with Crippen molar-refractivity contribution in [1.82, 2.24) is 9.55 Å². The van der Waals surface area contributed by atoms with Gasteiger partial charge in [0, 0.05) is 17.1 Å². The molecule has 0 saturated heterocycles. The summed E-state index contributed by atoms with van der Waals surface area (Å²) in [5.74, 6) is 0.698. The van der Waals surface area contributed by atoms with Gasteiger partial charge in [-0.3, -0.25) is 0 Å². The van der Waals surface area contributed by atoms with Crippen LogP contribution in [0.15, 0.2) is 29.0 Å². The first-order valence-electron chi connectivity index (χ1n) is 4.92. The minimum atomic E-state index is 0.515. The van der Waals surface area contributed by atoms with Crippen molar-refractivity contribution in [3.8, 4) is 23.1 Å². The summed E-state index contributed by atoms with van der Waals surface area (Å²) >= 11 is 3.40. The second-order valence-corrected chi connectivity index (χ2v) is 4.42. The molecule has 0 fully saturated rings. The fraction of sp³-hybridized carbons (Fsp3) is 0.167. The summed E-state index contributed by atoms with van der Waals surface area (Å²) in [6.45, 7) is 0. The van der Waals surface area contributed by atoms with E-state index >= 15 is 0 Å². The molecule has 0 N–H and O–H groups in total. The van der Waals surface area contributed by atoms with Gasteiger partial charge in [0.2, 0.25) is 0 Å². The standard InChI is InChI=1S/C12H10BrN3O/c1-16-7-15-12(10(16)6-14)9-5-8(13)3-4-11(9)17-2/h3-5,7H,1-2H3. The minimum Gasteiger partial charge on any atom is -0.496 e. The Kier molecular flexibility index (Phi) is 3.16. The highest BCUT2D eigenvalue weighted by Crippen LogP contribution is 2.33. The molecule has 0 bridgehead atoms. The average Bonchev–Trinajstić information content (AvgIpc) is 2.70. The number of rotatable bonds is 2. The number of benzene rings is 1. The summed E-state index contributed by atoms with van der Waals surface area (Å²) in [5, 5.41) is 9.12. The molecule has 0 saturated carbocycles. The maximum absolute atomic E-state index is 9.12. The van der Waals surface area contributed by atoms with E-state index in [2.05, 4.69) is 27.0 Å². The Morgan fingerprint density at radius 1 is 1.47 bits per heavy atom. The van der Waals surface area contributed by atoms with E-state index in [1.807, 2.05) is 18.2 Å². The van der Waals surface area contributed by atoms with Crippen molar-refractivity contribution in [3.05, 3.63) is 34.7 Å². The lowest BCUT2D eigenvalue weighted by Crippen LogP contribution is -1.93. The van der Waals surface area contributed by atoms with Crippen LogP contribution < -0.4 is 4.74 Å². The van der Waals surface area contributed by atoms with Crippen LogP contribution in [0.25, 0.3) is 11.3 Å². The van der Waals surface area contributed by atoms with Gasteiger partial charge in [-0.25, -0.2) is 4.98 Å². The van der Waals surface area contributed by atoms with Crippen molar-refractivity contribution in [3.63, 3.8) is 0 Å². The van der Waals surface area contributed by atoms with Gasteiger partial charge in [-0.1, -0.05) is 15.9 Å². The summed E-state index contributed by atoms with van der Waals surface area (Å²) in [5.41, 5.74) is 1.95. The van der Waals surface area contributed by atoms with Gasteiger partial charge in [-0.05, 0) is 18.2 Å². The molecule has 17 heavy (non-hydrogen) atoms. The average molecular weight is 292 g/mol. The molecule has 1 aromatic heterocycles. The molecule has 4 nitrogen and oxygen atoms in total. The van der Waals surface area contributed by atoms with Crippen molar-refractivity contribution in [2.75, 3.05) is 7.11 Å². The summed E-state index contributed by atoms with van der Waals surface area (Å²) in [7, 11) is 3.39. The topological polar surface area (TPSA) is 50.8 Å². The lowest BCUT2D eigenvalue weighted by Gasteiger charge is -2.07. The number of aromatic nitrogens is 2. The van der Waals surface area contributed by atoms with Gasteiger partial charge >= 0.3 is 0 Å². The van der Waals surface area contributed by atoms with E-state index in [0.29, 0.717) is 17.1 Å². The summed E-state index contributed by atoms with van der Waals surface area (Å²) in [4.78, 5) is 4.25. The first-order valence-corrected chi connectivity index (χ1v) is 5.72. The zero-order valence-corrected chi connectivity index (χ0v) is 11.0. The number of hydrogen-bond acceptors (Lipinski definition) is 3. The molecule has 0 aliphatic rings. The van der Waals surface area contributed by atoms with E-state index in [1.54, 1.807) is 25.1 Å². The molecule has 86 valence electrons. The molecule has 0 aliphatic heterocycles. The molecule has 0 atom stereocenters. The molecule has 0 amide bonds. The fourth-order valence-corrected chi connectivity index (χ4v) is 1.99. The maximum atomic E-state index is 9.12. The van der Waals surface area contributed by atoms with Gasteiger partial charge in [0.1, 0.15) is 23.2 Å². The molecule has 2 rings (SSSR count). The number of hydrogen-bond donors (Lipinski definition) is 0. The highest BCUT2D eigenvalue weighted by molar-refractivity contribution is 9.10. The molecule has 0 unspecified atom stereocenters. The van der Waals surface area contributed by atoms with Gasteiger partial charge in [-0.2, -0.15) is 5.26 Å². The van der Waals surface area contributed by atoms with Crippen molar-refractivity contribution in [2.24, 2.45) is 7.05 Å². The van der Waals surface area contributed by atoms with Crippen molar-refractivity contribution < 1.29 is 4.74 Å². The first kappa shape index (κ1) is 11.7. The Morgan fingerprint density at radius 2 is 2.24 bits per heavy atom. The third-order valence-electron chi connectivity index (χ3n) is 2.46. The highest BCUT2D eigenvalue weighted by atomic mass is 79.9. The number of methoxy groups -OCH3 is 1. The second kappa shape index (κ2) is 4.60. The lowest BCUT2D eigenvalue weighted by atomic mass is 10.1. The van der Waals surface area contributed by atoms with Crippen LogP contribution in [0.1, 0.15) is 5.69 Å². The Morgan fingerprint density at radius 3 is 2.88 bits per heavy atom. The first-order chi connectivity index (χ1) is 8.17. The van der Waals surface area contributed by atoms with Crippen molar-refractivity contribution in [2.45, 2.75) is 0 Å². The molecule has 0 aliphatic carbocycles. The SMILES string of the molecule is COc1ccc(Br)cc1-c1ncn(C)c1C#N. The number of nitrogens with zero attached hydrogens (tertiary/aromatic N) is 3. The highest BCUT2D eigenvalue weighted by Gasteiger charge is 2.15. The van der Waals surface area contributed by atoms with Crippen LogP contribution in [0.2, 0.25) is 0 Å². The number of halogens is 1. The third kappa shape index (κ3) is 2.04. The molecule has 1 aromatic carbocycles.